The molecule has 0 aromatic heterocycles. The predicted molar refractivity (Wildman–Crippen MR) is 153 cm³/mol. The van der Waals surface area contributed by atoms with Gasteiger partial charge in [-0.15, -0.1) is 0 Å². The maximum absolute atomic E-state index is 12.6. The Morgan fingerprint density at radius 3 is 2.23 bits per heavy atom. The standard InChI is InChI=1S/C17H23N3.C9H9F2NO.C3H5F.C2H6/c1-14-6-9-20(13-14)16-7-10-19(11-8-16)17-5-3-2-4-15(17)12-18;1-12-9(13)5-6-2-3-7(10)8(11)4-6;1-2-3-4;1-2/h2-5,14,16H,6-11,13H2,1H3;2-4H,5H2,1H3,(H,12,13);2-3H,1H3;1-2H3/b;;3-2+;. The smallest absolute Gasteiger partial charge is 0.224 e. The molecular formula is C31H43F3N4O. The number of hydrogen-bond donors (Lipinski definition) is 1. The second kappa shape index (κ2) is 18.9. The van der Waals surface area contributed by atoms with Crippen LogP contribution in [0.3, 0.4) is 0 Å². The molecule has 1 N–H and O–H groups in total. The highest BCUT2D eigenvalue weighted by molar-refractivity contribution is 5.78. The second-order valence-electron chi connectivity index (χ2n) is 9.29. The van der Waals surface area contributed by atoms with E-state index in [-0.39, 0.29) is 12.3 Å². The summed E-state index contributed by atoms with van der Waals surface area (Å²) in [5, 5.41) is 11.6. The van der Waals surface area contributed by atoms with Gasteiger partial charge in [0.1, 0.15) is 6.07 Å². The number of anilines is 1. The van der Waals surface area contributed by atoms with Crippen LogP contribution in [-0.2, 0) is 11.2 Å². The maximum Gasteiger partial charge on any atom is 0.224 e. The van der Waals surface area contributed by atoms with Gasteiger partial charge >= 0.3 is 0 Å². The summed E-state index contributed by atoms with van der Waals surface area (Å²) in [6.45, 7) is 12.7. The van der Waals surface area contributed by atoms with Crippen molar-refractivity contribution in [3.05, 3.63) is 77.6 Å². The summed E-state index contributed by atoms with van der Waals surface area (Å²) in [7, 11) is 1.49. The lowest BCUT2D eigenvalue weighted by molar-refractivity contribution is -0.119. The predicted octanol–water partition coefficient (Wildman–Crippen LogP) is 6.64. The Hall–Kier alpha value is -3.31. The van der Waals surface area contributed by atoms with Crippen LogP contribution < -0.4 is 10.2 Å². The molecule has 1 atom stereocenters. The monoisotopic (exact) mass is 544 g/mol. The molecule has 2 aliphatic heterocycles. The summed E-state index contributed by atoms with van der Waals surface area (Å²) in [5.74, 6) is -1.19. The number of allylic oxidation sites excluding steroid dienone is 1. The van der Waals surface area contributed by atoms with E-state index in [4.69, 9.17) is 0 Å². The molecule has 2 saturated heterocycles. The van der Waals surface area contributed by atoms with E-state index in [1.807, 2.05) is 32.0 Å². The fraction of sp³-hybridized carbons (Fsp3) is 0.484. The van der Waals surface area contributed by atoms with Crippen molar-refractivity contribution in [2.45, 2.75) is 59.4 Å². The molecule has 4 rings (SSSR count). The zero-order valence-corrected chi connectivity index (χ0v) is 23.9. The number of nitrogens with one attached hydrogen (secondary N) is 1. The molecular weight excluding hydrogens is 501 g/mol. The highest BCUT2D eigenvalue weighted by atomic mass is 19.2. The number of hydrogen-bond acceptors (Lipinski definition) is 4. The summed E-state index contributed by atoms with van der Waals surface area (Å²) < 4.78 is 35.6. The highest BCUT2D eigenvalue weighted by Crippen LogP contribution is 2.28. The van der Waals surface area contributed by atoms with Crippen LogP contribution in [0.25, 0.3) is 0 Å². The van der Waals surface area contributed by atoms with E-state index >= 15 is 0 Å². The number of carbonyl (C=O) groups excluding carboxylic acids is 1. The minimum atomic E-state index is -0.929. The third-order valence-electron chi connectivity index (χ3n) is 6.55. The first kappa shape index (κ1) is 33.7. The van der Waals surface area contributed by atoms with Crippen molar-refractivity contribution < 1.29 is 18.0 Å². The van der Waals surface area contributed by atoms with Gasteiger partial charge in [0, 0.05) is 32.7 Å². The van der Waals surface area contributed by atoms with E-state index in [9.17, 15) is 23.2 Å². The van der Waals surface area contributed by atoms with Crippen LogP contribution in [0, 0.1) is 28.9 Å². The van der Waals surface area contributed by atoms with Crippen molar-refractivity contribution in [2.75, 3.05) is 38.1 Å². The first-order valence-electron chi connectivity index (χ1n) is 13.7. The van der Waals surface area contributed by atoms with Crippen molar-refractivity contribution in [2.24, 2.45) is 5.92 Å². The molecule has 214 valence electrons. The molecule has 0 bridgehead atoms. The van der Waals surface area contributed by atoms with E-state index in [2.05, 4.69) is 34.2 Å². The molecule has 39 heavy (non-hydrogen) atoms. The Bertz CT molecular complexity index is 1060. The van der Waals surface area contributed by atoms with Crippen LogP contribution in [0.5, 0.6) is 0 Å². The molecule has 2 fully saturated rings. The number of piperidine rings is 1. The van der Waals surface area contributed by atoms with Crippen molar-refractivity contribution in [1.29, 1.82) is 5.26 Å². The van der Waals surface area contributed by atoms with Crippen LogP contribution in [0.15, 0.2) is 54.9 Å². The summed E-state index contributed by atoms with van der Waals surface area (Å²) in [5.41, 5.74) is 2.38. The number of likely N-dealkylation sites (N-methyl/N-ethyl adjacent to an activating group) is 1. The number of benzene rings is 2. The van der Waals surface area contributed by atoms with Crippen molar-refractivity contribution in [3.8, 4) is 6.07 Å². The lowest BCUT2D eigenvalue weighted by Gasteiger charge is -2.38. The van der Waals surface area contributed by atoms with Crippen LogP contribution in [0.4, 0.5) is 18.9 Å². The van der Waals surface area contributed by atoms with Gasteiger partial charge in [0.25, 0.3) is 0 Å². The largest absolute Gasteiger partial charge is 0.370 e. The Balaban J connectivity index is 0.000000345. The van der Waals surface area contributed by atoms with Gasteiger partial charge in [-0.3, -0.25) is 9.69 Å². The third-order valence-corrected chi connectivity index (χ3v) is 6.55. The lowest BCUT2D eigenvalue weighted by Crippen LogP contribution is -2.44. The van der Waals surface area contributed by atoms with Gasteiger partial charge in [-0.25, -0.2) is 13.2 Å². The molecule has 0 aliphatic carbocycles. The van der Waals surface area contributed by atoms with E-state index in [0.717, 1.165) is 48.4 Å². The summed E-state index contributed by atoms with van der Waals surface area (Å²) >= 11 is 0. The fourth-order valence-electron chi connectivity index (χ4n) is 4.54. The molecule has 0 saturated carbocycles. The maximum atomic E-state index is 12.6. The van der Waals surface area contributed by atoms with Gasteiger partial charge in [0.2, 0.25) is 5.91 Å². The fourth-order valence-corrected chi connectivity index (χ4v) is 4.54. The quantitative estimate of drug-likeness (QED) is 0.469. The molecule has 2 aromatic rings. The van der Waals surface area contributed by atoms with Crippen LogP contribution in [-0.4, -0.2) is 50.1 Å². The molecule has 1 amide bonds. The number of para-hydroxylation sites is 1. The average molecular weight is 545 g/mol. The van der Waals surface area contributed by atoms with E-state index in [1.165, 1.54) is 51.5 Å². The molecule has 2 aliphatic rings. The Morgan fingerprint density at radius 1 is 1.08 bits per heavy atom. The number of amides is 1. The van der Waals surface area contributed by atoms with Crippen LogP contribution >= 0.6 is 0 Å². The molecule has 0 radical (unpaired) electrons. The number of likely N-dealkylation sites (tertiary alicyclic amines) is 1. The number of rotatable bonds is 4. The van der Waals surface area contributed by atoms with E-state index in [1.54, 1.807) is 6.92 Å². The Morgan fingerprint density at radius 2 is 1.72 bits per heavy atom. The van der Waals surface area contributed by atoms with Gasteiger partial charge in [0.15, 0.2) is 11.6 Å². The van der Waals surface area contributed by atoms with E-state index < -0.39 is 11.6 Å². The van der Waals surface area contributed by atoms with Gasteiger partial charge < -0.3 is 10.2 Å². The summed E-state index contributed by atoms with van der Waals surface area (Å²) in [6, 6.07) is 14.5. The van der Waals surface area contributed by atoms with Crippen molar-refractivity contribution >= 4 is 11.6 Å². The Kier molecular flexibility index (Phi) is 16.3. The molecule has 8 heteroatoms. The van der Waals surface area contributed by atoms with Gasteiger partial charge in [-0.2, -0.15) is 5.26 Å². The molecule has 5 nitrogen and oxygen atoms in total. The van der Waals surface area contributed by atoms with E-state index in [0.29, 0.717) is 11.9 Å². The minimum Gasteiger partial charge on any atom is -0.370 e. The molecule has 0 spiro atoms. The zero-order valence-electron chi connectivity index (χ0n) is 23.9. The molecule has 1 unspecified atom stereocenters. The number of nitriles is 1. The van der Waals surface area contributed by atoms with Crippen molar-refractivity contribution in [3.63, 3.8) is 0 Å². The first-order chi connectivity index (χ1) is 18.8. The number of halogens is 3. The Labute approximate surface area is 232 Å². The summed E-state index contributed by atoms with van der Waals surface area (Å²) in [6.07, 6.45) is 5.71. The number of nitrogens with zero attached hydrogens (tertiary/aromatic N) is 3. The van der Waals surface area contributed by atoms with Crippen LogP contribution in [0.1, 0.15) is 58.1 Å². The zero-order chi connectivity index (χ0) is 29.2. The normalized spacial score (nSPS) is 17.1. The average Bonchev–Trinajstić information content (AvgIpc) is 3.42. The molecule has 2 aromatic carbocycles. The van der Waals surface area contributed by atoms with Gasteiger partial charge in [0.05, 0.1) is 24.0 Å². The highest BCUT2D eigenvalue weighted by Gasteiger charge is 2.29. The van der Waals surface area contributed by atoms with Crippen molar-refractivity contribution in [1.82, 2.24) is 10.2 Å². The van der Waals surface area contributed by atoms with Gasteiger partial charge in [-0.1, -0.05) is 45.0 Å². The number of carbonyl (C=O) groups is 1. The lowest BCUT2D eigenvalue weighted by atomic mass is 10.0. The third kappa shape index (κ3) is 11.5. The molecule has 2 heterocycles. The minimum absolute atomic E-state index is 0.0632. The topological polar surface area (TPSA) is 59.4 Å². The van der Waals surface area contributed by atoms with Gasteiger partial charge in [-0.05, 0) is 68.5 Å². The summed E-state index contributed by atoms with van der Waals surface area (Å²) in [4.78, 5) is 15.9. The second-order valence-corrected chi connectivity index (χ2v) is 9.29. The first-order valence-corrected chi connectivity index (χ1v) is 13.7. The SMILES string of the molecule is C/C=C/F.CC.CC1CCN(C2CCN(c3ccccc3C#N)CC2)C1.CNC(=O)Cc1ccc(F)c(F)c1. The van der Waals surface area contributed by atoms with Crippen LogP contribution in [0.2, 0.25) is 0 Å².